The quantitative estimate of drug-likeness (QED) is 0.502. The summed E-state index contributed by atoms with van der Waals surface area (Å²) in [6.45, 7) is 14.0. The first-order valence-electron chi connectivity index (χ1n) is 11.8. The van der Waals surface area contributed by atoms with Crippen LogP contribution in [0.15, 0.2) is 48.5 Å². The molecule has 3 aromatic rings. The van der Waals surface area contributed by atoms with Gasteiger partial charge >= 0.3 is 0 Å². The van der Waals surface area contributed by atoms with Crippen molar-refractivity contribution in [2.45, 2.75) is 54.1 Å². The highest BCUT2D eigenvalue weighted by atomic mass is 16.2. The van der Waals surface area contributed by atoms with Crippen LogP contribution in [0.25, 0.3) is 11.0 Å². The molecular formula is C27H36N4O2. The Morgan fingerprint density at radius 2 is 1.55 bits per heavy atom. The number of imidazole rings is 1. The number of nitrogens with one attached hydrogen (secondary N) is 1. The zero-order valence-corrected chi connectivity index (χ0v) is 20.6. The van der Waals surface area contributed by atoms with Crippen LogP contribution < -0.4 is 5.32 Å². The minimum Gasteiger partial charge on any atom is -0.342 e. The van der Waals surface area contributed by atoms with Crippen LogP contribution in [0.1, 0.15) is 62.4 Å². The van der Waals surface area contributed by atoms with Crippen LogP contribution in [0.4, 0.5) is 0 Å². The summed E-state index contributed by atoms with van der Waals surface area (Å²) in [5.41, 5.74) is 3.27. The number of rotatable bonds is 9. The molecule has 0 bridgehead atoms. The van der Waals surface area contributed by atoms with Crippen molar-refractivity contribution < 1.29 is 9.59 Å². The summed E-state index contributed by atoms with van der Waals surface area (Å²) in [4.78, 5) is 33.0. The smallest absolute Gasteiger partial charge is 0.252 e. The van der Waals surface area contributed by atoms with Gasteiger partial charge in [-0.2, -0.15) is 0 Å². The monoisotopic (exact) mass is 448 g/mol. The lowest BCUT2D eigenvalue weighted by atomic mass is 10.1. The molecule has 2 aromatic carbocycles. The van der Waals surface area contributed by atoms with E-state index in [-0.39, 0.29) is 24.4 Å². The van der Waals surface area contributed by atoms with Crippen molar-refractivity contribution in [2.24, 2.45) is 11.8 Å². The zero-order valence-electron chi connectivity index (χ0n) is 20.6. The first-order chi connectivity index (χ1) is 15.7. The number of benzene rings is 2. The summed E-state index contributed by atoms with van der Waals surface area (Å²) in [5, 5.41) is 3.07. The molecule has 1 unspecified atom stereocenters. The number of fused-ring (bicyclic) bond motifs is 1. The SMILES string of the molecule is Cc1ccccc1C(=O)NC(C)c1nc2ccccc2n1CC(=O)N(CC(C)C)CC(C)C. The number of aromatic nitrogens is 2. The topological polar surface area (TPSA) is 67.2 Å². The summed E-state index contributed by atoms with van der Waals surface area (Å²) in [5.74, 6) is 1.38. The Morgan fingerprint density at radius 3 is 2.18 bits per heavy atom. The second-order valence-electron chi connectivity index (χ2n) is 9.64. The number of hydrogen-bond acceptors (Lipinski definition) is 3. The van der Waals surface area contributed by atoms with E-state index in [0.29, 0.717) is 23.2 Å². The molecule has 0 aliphatic rings. The average Bonchev–Trinajstić information content (AvgIpc) is 3.11. The molecule has 6 heteroatoms. The van der Waals surface area contributed by atoms with E-state index in [9.17, 15) is 9.59 Å². The van der Waals surface area contributed by atoms with Crippen molar-refractivity contribution >= 4 is 22.8 Å². The van der Waals surface area contributed by atoms with Gasteiger partial charge in [-0.05, 0) is 49.4 Å². The van der Waals surface area contributed by atoms with Gasteiger partial charge in [0, 0.05) is 18.7 Å². The normalized spacial score (nSPS) is 12.4. The largest absolute Gasteiger partial charge is 0.342 e. The predicted octanol–water partition coefficient (Wildman–Crippen LogP) is 4.98. The Hall–Kier alpha value is -3.15. The summed E-state index contributed by atoms with van der Waals surface area (Å²) in [6.07, 6.45) is 0. The van der Waals surface area contributed by atoms with Crippen molar-refractivity contribution in [1.29, 1.82) is 0 Å². The van der Waals surface area contributed by atoms with Crippen LogP contribution in [0.2, 0.25) is 0 Å². The lowest BCUT2D eigenvalue weighted by Gasteiger charge is -2.27. The molecule has 0 radical (unpaired) electrons. The maximum Gasteiger partial charge on any atom is 0.252 e. The van der Waals surface area contributed by atoms with Crippen molar-refractivity contribution in [3.8, 4) is 0 Å². The van der Waals surface area contributed by atoms with Crippen LogP contribution >= 0.6 is 0 Å². The van der Waals surface area contributed by atoms with Gasteiger partial charge in [-0.15, -0.1) is 0 Å². The molecule has 176 valence electrons. The standard InChI is InChI=1S/C27H36N4O2/c1-18(2)15-30(16-19(3)4)25(32)17-31-24-14-10-9-13-23(24)29-26(31)21(6)28-27(33)22-12-8-7-11-20(22)5/h7-14,18-19,21H,15-17H2,1-6H3,(H,28,33). The highest BCUT2D eigenvalue weighted by molar-refractivity contribution is 5.95. The average molecular weight is 449 g/mol. The van der Waals surface area contributed by atoms with Gasteiger partial charge in [-0.25, -0.2) is 4.98 Å². The van der Waals surface area contributed by atoms with Crippen molar-refractivity contribution in [3.63, 3.8) is 0 Å². The molecule has 2 amide bonds. The van der Waals surface area contributed by atoms with Gasteiger partial charge < -0.3 is 14.8 Å². The van der Waals surface area contributed by atoms with Crippen LogP contribution in [0.3, 0.4) is 0 Å². The van der Waals surface area contributed by atoms with Crippen LogP contribution in [0.5, 0.6) is 0 Å². The van der Waals surface area contributed by atoms with Gasteiger partial charge in [0.1, 0.15) is 12.4 Å². The highest BCUT2D eigenvalue weighted by Gasteiger charge is 2.23. The van der Waals surface area contributed by atoms with E-state index < -0.39 is 0 Å². The van der Waals surface area contributed by atoms with E-state index in [1.807, 2.05) is 71.8 Å². The van der Waals surface area contributed by atoms with Crippen LogP contribution in [-0.4, -0.2) is 39.4 Å². The molecule has 1 atom stereocenters. The number of amides is 2. The van der Waals surface area contributed by atoms with E-state index >= 15 is 0 Å². The van der Waals surface area contributed by atoms with Crippen molar-refractivity contribution in [3.05, 3.63) is 65.5 Å². The molecule has 3 rings (SSSR count). The molecule has 0 fully saturated rings. The molecule has 33 heavy (non-hydrogen) atoms. The number of carbonyl (C=O) groups is 2. The third kappa shape index (κ3) is 6.01. The molecule has 6 nitrogen and oxygen atoms in total. The van der Waals surface area contributed by atoms with Crippen LogP contribution in [0, 0.1) is 18.8 Å². The summed E-state index contributed by atoms with van der Waals surface area (Å²) in [6, 6.07) is 15.0. The Kier molecular flexibility index (Phi) is 7.90. The van der Waals surface area contributed by atoms with E-state index in [1.54, 1.807) is 0 Å². The number of nitrogens with zero attached hydrogens (tertiary/aromatic N) is 3. The van der Waals surface area contributed by atoms with Crippen molar-refractivity contribution in [1.82, 2.24) is 19.8 Å². The van der Waals surface area contributed by atoms with Crippen LogP contribution in [-0.2, 0) is 11.3 Å². The number of hydrogen-bond donors (Lipinski definition) is 1. The fraction of sp³-hybridized carbons (Fsp3) is 0.444. The summed E-state index contributed by atoms with van der Waals surface area (Å²) < 4.78 is 1.95. The lowest BCUT2D eigenvalue weighted by Crippen LogP contribution is -2.39. The predicted molar refractivity (Wildman–Crippen MR) is 133 cm³/mol. The minimum absolute atomic E-state index is 0.0687. The number of aryl methyl sites for hydroxylation is 1. The van der Waals surface area contributed by atoms with Gasteiger partial charge in [0.05, 0.1) is 17.1 Å². The lowest BCUT2D eigenvalue weighted by molar-refractivity contribution is -0.132. The molecule has 0 spiro atoms. The Balaban J connectivity index is 1.91. The van der Waals surface area contributed by atoms with Gasteiger partial charge in [0.15, 0.2) is 0 Å². The van der Waals surface area contributed by atoms with E-state index in [0.717, 1.165) is 29.7 Å². The van der Waals surface area contributed by atoms with Gasteiger partial charge in [-0.3, -0.25) is 9.59 Å². The molecule has 0 aliphatic heterocycles. The van der Waals surface area contributed by atoms with Gasteiger partial charge in [0.25, 0.3) is 5.91 Å². The third-order valence-corrected chi connectivity index (χ3v) is 5.63. The van der Waals surface area contributed by atoms with E-state index in [4.69, 9.17) is 4.98 Å². The second-order valence-corrected chi connectivity index (χ2v) is 9.64. The fourth-order valence-electron chi connectivity index (χ4n) is 4.15. The molecule has 0 saturated heterocycles. The van der Waals surface area contributed by atoms with Gasteiger partial charge in [-0.1, -0.05) is 58.0 Å². The zero-order chi connectivity index (χ0) is 24.1. The first-order valence-corrected chi connectivity index (χ1v) is 11.8. The molecule has 0 aliphatic carbocycles. The Labute approximate surface area is 197 Å². The molecule has 1 heterocycles. The Morgan fingerprint density at radius 1 is 0.939 bits per heavy atom. The van der Waals surface area contributed by atoms with Crippen molar-refractivity contribution in [2.75, 3.05) is 13.1 Å². The van der Waals surface area contributed by atoms with E-state index in [1.165, 1.54) is 0 Å². The summed E-state index contributed by atoms with van der Waals surface area (Å²) >= 11 is 0. The molecule has 1 N–H and O–H groups in total. The third-order valence-electron chi connectivity index (χ3n) is 5.63. The fourth-order valence-corrected chi connectivity index (χ4v) is 4.15. The molecular weight excluding hydrogens is 412 g/mol. The van der Waals surface area contributed by atoms with Gasteiger partial charge in [0.2, 0.25) is 5.91 Å². The number of carbonyl (C=O) groups excluding carboxylic acids is 2. The molecule has 0 saturated carbocycles. The maximum atomic E-state index is 13.4. The first kappa shape index (κ1) is 24.5. The number of para-hydroxylation sites is 2. The highest BCUT2D eigenvalue weighted by Crippen LogP contribution is 2.22. The summed E-state index contributed by atoms with van der Waals surface area (Å²) in [7, 11) is 0. The molecule has 1 aromatic heterocycles. The second kappa shape index (κ2) is 10.6. The Bertz CT molecular complexity index is 1110. The maximum absolute atomic E-state index is 13.4. The minimum atomic E-state index is -0.360. The van der Waals surface area contributed by atoms with E-state index in [2.05, 4.69) is 33.0 Å².